The summed E-state index contributed by atoms with van der Waals surface area (Å²) in [5.74, 6) is 0.724. The Hall–Kier alpha value is -0.500. The van der Waals surface area contributed by atoms with E-state index in [0.717, 1.165) is 12.5 Å². The van der Waals surface area contributed by atoms with Gasteiger partial charge in [-0.15, -0.1) is 11.3 Å². The number of hydrogen-bond donors (Lipinski definition) is 1. The molecule has 0 saturated heterocycles. The lowest BCUT2D eigenvalue weighted by Crippen LogP contribution is -2.06. The third-order valence-electron chi connectivity index (χ3n) is 1.21. The lowest BCUT2D eigenvalue weighted by molar-refractivity contribution is 0.690. The van der Waals surface area contributed by atoms with Gasteiger partial charge in [0, 0.05) is 6.54 Å². The van der Waals surface area contributed by atoms with Gasteiger partial charge in [0.25, 0.3) is 0 Å². The number of nitrogens with one attached hydrogen (secondary N) is 1. The summed E-state index contributed by atoms with van der Waals surface area (Å²) in [4.78, 5) is 0. The van der Waals surface area contributed by atoms with Gasteiger partial charge in [0.05, 0.1) is 5.00 Å². The van der Waals surface area contributed by atoms with Crippen molar-refractivity contribution in [3.63, 3.8) is 0 Å². The van der Waals surface area contributed by atoms with E-state index in [4.69, 9.17) is 0 Å². The number of anilines is 1. The van der Waals surface area contributed by atoms with E-state index < -0.39 is 0 Å². The van der Waals surface area contributed by atoms with Crippen molar-refractivity contribution in [3.05, 3.63) is 17.5 Å². The van der Waals surface area contributed by atoms with E-state index in [1.54, 1.807) is 11.3 Å². The second kappa shape index (κ2) is 3.62. The third-order valence-corrected chi connectivity index (χ3v) is 2.03. The van der Waals surface area contributed by atoms with Crippen molar-refractivity contribution in [3.8, 4) is 0 Å². The minimum atomic E-state index is 0.724. The van der Waals surface area contributed by atoms with Crippen LogP contribution >= 0.6 is 11.3 Å². The van der Waals surface area contributed by atoms with Crippen LogP contribution < -0.4 is 5.32 Å². The SMILES string of the molecule is CC(C)CNc1cccs1. The van der Waals surface area contributed by atoms with Gasteiger partial charge in [-0.05, 0) is 23.4 Å². The summed E-state index contributed by atoms with van der Waals surface area (Å²) in [5, 5.41) is 6.70. The molecule has 0 aromatic carbocycles. The van der Waals surface area contributed by atoms with Crippen molar-refractivity contribution in [2.24, 2.45) is 5.92 Å². The predicted octanol–water partition coefficient (Wildman–Crippen LogP) is 2.82. The highest BCUT2D eigenvalue weighted by molar-refractivity contribution is 7.14. The monoisotopic (exact) mass is 155 g/mol. The average Bonchev–Trinajstić information content (AvgIpc) is 2.34. The molecule has 0 fully saturated rings. The van der Waals surface area contributed by atoms with Gasteiger partial charge in [0.15, 0.2) is 0 Å². The predicted molar refractivity (Wildman–Crippen MR) is 47.6 cm³/mol. The molecule has 2 heteroatoms. The molecule has 1 rings (SSSR count). The summed E-state index contributed by atoms with van der Waals surface area (Å²) in [6.07, 6.45) is 0. The second-order valence-corrected chi connectivity index (χ2v) is 3.70. The molecular formula is C8H13NS. The van der Waals surface area contributed by atoms with Crippen molar-refractivity contribution >= 4 is 16.3 Å². The minimum Gasteiger partial charge on any atom is -0.377 e. The fourth-order valence-electron chi connectivity index (χ4n) is 0.684. The molecule has 0 bridgehead atoms. The van der Waals surface area contributed by atoms with Crippen molar-refractivity contribution in [1.29, 1.82) is 0 Å². The smallest absolute Gasteiger partial charge is 0.0882 e. The Morgan fingerprint density at radius 1 is 1.60 bits per heavy atom. The van der Waals surface area contributed by atoms with Crippen LogP contribution in [0.15, 0.2) is 17.5 Å². The largest absolute Gasteiger partial charge is 0.377 e. The van der Waals surface area contributed by atoms with Crippen LogP contribution in [0.25, 0.3) is 0 Å². The Bertz CT molecular complexity index is 167. The first-order chi connectivity index (χ1) is 4.79. The lowest BCUT2D eigenvalue weighted by Gasteiger charge is -2.04. The maximum atomic E-state index is 3.34. The number of rotatable bonds is 3. The van der Waals surface area contributed by atoms with Crippen LogP contribution in [0.5, 0.6) is 0 Å². The summed E-state index contributed by atoms with van der Waals surface area (Å²) < 4.78 is 0. The van der Waals surface area contributed by atoms with Gasteiger partial charge < -0.3 is 5.32 Å². The summed E-state index contributed by atoms with van der Waals surface area (Å²) in [5.41, 5.74) is 0. The molecule has 0 saturated carbocycles. The second-order valence-electron chi connectivity index (χ2n) is 2.75. The number of hydrogen-bond acceptors (Lipinski definition) is 2. The zero-order valence-corrected chi connectivity index (χ0v) is 7.24. The Balaban J connectivity index is 2.28. The van der Waals surface area contributed by atoms with E-state index in [2.05, 4.69) is 36.7 Å². The maximum Gasteiger partial charge on any atom is 0.0882 e. The van der Waals surface area contributed by atoms with E-state index in [9.17, 15) is 0 Å². The molecule has 0 radical (unpaired) electrons. The lowest BCUT2D eigenvalue weighted by atomic mass is 10.2. The Labute approximate surface area is 66.1 Å². The Morgan fingerprint density at radius 2 is 2.40 bits per heavy atom. The first-order valence-corrected chi connectivity index (χ1v) is 4.44. The summed E-state index contributed by atoms with van der Waals surface area (Å²) in [6.45, 7) is 5.49. The molecular weight excluding hydrogens is 142 g/mol. The fourth-order valence-corrected chi connectivity index (χ4v) is 1.31. The van der Waals surface area contributed by atoms with Gasteiger partial charge >= 0.3 is 0 Å². The first kappa shape index (κ1) is 7.61. The summed E-state index contributed by atoms with van der Waals surface area (Å²) in [6, 6.07) is 4.17. The van der Waals surface area contributed by atoms with Crippen LogP contribution in [0.1, 0.15) is 13.8 Å². The Morgan fingerprint density at radius 3 is 2.90 bits per heavy atom. The molecule has 0 aliphatic heterocycles. The third kappa shape index (κ3) is 2.40. The highest BCUT2D eigenvalue weighted by atomic mass is 32.1. The van der Waals surface area contributed by atoms with Crippen LogP contribution in [-0.2, 0) is 0 Å². The molecule has 10 heavy (non-hydrogen) atoms. The number of thiophene rings is 1. The fraction of sp³-hybridized carbons (Fsp3) is 0.500. The van der Waals surface area contributed by atoms with Gasteiger partial charge in [-0.25, -0.2) is 0 Å². The standard InChI is InChI=1S/C8H13NS/c1-7(2)6-9-8-4-3-5-10-8/h3-5,7,9H,6H2,1-2H3. The van der Waals surface area contributed by atoms with Gasteiger partial charge in [0.1, 0.15) is 0 Å². The van der Waals surface area contributed by atoms with E-state index in [1.807, 2.05) is 0 Å². The normalized spacial score (nSPS) is 10.3. The molecule has 0 spiro atoms. The molecule has 1 N–H and O–H groups in total. The Kier molecular flexibility index (Phi) is 2.75. The molecule has 0 atom stereocenters. The van der Waals surface area contributed by atoms with Crippen molar-refractivity contribution in [2.45, 2.75) is 13.8 Å². The van der Waals surface area contributed by atoms with Crippen LogP contribution in [0.2, 0.25) is 0 Å². The van der Waals surface area contributed by atoms with Crippen LogP contribution in [0, 0.1) is 5.92 Å². The maximum absolute atomic E-state index is 3.34. The van der Waals surface area contributed by atoms with E-state index in [1.165, 1.54) is 5.00 Å². The topological polar surface area (TPSA) is 12.0 Å². The molecule has 0 amide bonds. The van der Waals surface area contributed by atoms with Crippen LogP contribution in [0.4, 0.5) is 5.00 Å². The zero-order valence-electron chi connectivity index (χ0n) is 6.42. The van der Waals surface area contributed by atoms with Crippen LogP contribution in [-0.4, -0.2) is 6.54 Å². The van der Waals surface area contributed by atoms with Gasteiger partial charge in [-0.3, -0.25) is 0 Å². The molecule has 1 aromatic heterocycles. The molecule has 56 valence electrons. The first-order valence-electron chi connectivity index (χ1n) is 3.56. The van der Waals surface area contributed by atoms with Crippen molar-refractivity contribution in [2.75, 3.05) is 11.9 Å². The highest BCUT2D eigenvalue weighted by Crippen LogP contribution is 2.14. The van der Waals surface area contributed by atoms with E-state index in [0.29, 0.717) is 0 Å². The summed E-state index contributed by atoms with van der Waals surface area (Å²) in [7, 11) is 0. The molecule has 0 aliphatic rings. The van der Waals surface area contributed by atoms with E-state index in [-0.39, 0.29) is 0 Å². The van der Waals surface area contributed by atoms with Crippen LogP contribution in [0.3, 0.4) is 0 Å². The van der Waals surface area contributed by atoms with Gasteiger partial charge in [-0.1, -0.05) is 13.8 Å². The van der Waals surface area contributed by atoms with Gasteiger partial charge in [-0.2, -0.15) is 0 Å². The quantitative estimate of drug-likeness (QED) is 0.707. The van der Waals surface area contributed by atoms with Crippen molar-refractivity contribution in [1.82, 2.24) is 0 Å². The molecule has 1 heterocycles. The van der Waals surface area contributed by atoms with Crippen molar-refractivity contribution < 1.29 is 0 Å². The van der Waals surface area contributed by atoms with Gasteiger partial charge in [0.2, 0.25) is 0 Å². The molecule has 0 unspecified atom stereocenters. The molecule has 1 aromatic rings. The molecule has 0 aliphatic carbocycles. The minimum absolute atomic E-state index is 0.724. The zero-order chi connectivity index (χ0) is 7.40. The van der Waals surface area contributed by atoms with E-state index >= 15 is 0 Å². The highest BCUT2D eigenvalue weighted by Gasteiger charge is 1.93. The average molecular weight is 155 g/mol. The summed E-state index contributed by atoms with van der Waals surface area (Å²) >= 11 is 1.75. The molecule has 1 nitrogen and oxygen atoms in total.